The zero-order chi connectivity index (χ0) is 26.0. The first-order chi connectivity index (χ1) is 17.2. The molecule has 1 aliphatic heterocycles. The monoisotopic (exact) mass is 511 g/mol. The molecule has 1 atom stereocenters. The fourth-order valence-corrected chi connectivity index (χ4v) is 4.72. The predicted molar refractivity (Wildman–Crippen MR) is 138 cm³/mol. The number of ether oxygens (including phenoxy) is 2. The minimum absolute atomic E-state index is 0.0186. The van der Waals surface area contributed by atoms with Gasteiger partial charge in [0.2, 0.25) is 5.78 Å². The van der Waals surface area contributed by atoms with Gasteiger partial charge in [-0.05, 0) is 50.1 Å². The number of halogens is 1. The summed E-state index contributed by atoms with van der Waals surface area (Å²) in [4.78, 5) is 28.5. The van der Waals surface area contributed by atoms with Crippen LogP contribution in [0.25, 0.3) is 11.0 Å². The number of carbonyl (C=O) groups excluding carboxylic acids is 2. The summed E-state index contributed by atoms with van der Waals surface area (Å²) >= 11 is 6.18. The molecule has 36 heavy (non-hydrogen) atoms. The lowest BCUT2D eigenvalue weighted by Gasteiger charge is -2.27. The van der Waals surface area contributed by atoms with Crippen LogP contribution >= 0.6 is 11.6 Å². The Morgan fingerprint density at radius 2 is 1.97 bits per heavy atom. The molecular weight excluding hydrogens is 482 g/mol. The van der Waals surface area contributed by atoms with Crippen molar-refractivity contribution >= 4 is 34.3 Å². The third-order valence-electron chi connectivity index (χ3n) is 6.09. The Balaban J connectivity index is 1.79. The maximum absolute atomic E-state index is 13.8. The lowest BCUT2D eigenvalue weighted by Crippen LogP contribution is -2.32. The van der Waals surface area contributed by atoms with Gasteiger partial charge in [0.1, 0.15) is 5.75 Å². The minimum Gasteiger partial charge on any atom is -0.503 e. The highest BCUT2D eigenvalue weighted by molar-refractivity contribution is 6.31. The van der Waals surface area contributed by atoms with Crippen LogP contribution in [0.2, 0.25) is 5.02 Å². The Hall–Kier alpha value is -3.45. The number of unbranched alkanes of at least 4 members (excludes halogenated alkanes) is 2. The molecule has 1 aliphatic rings. The quantitative estimate of drug-likeness (QED) is 0.242. The topological polar surface area (TPSA) is 89.2 Å². The van der Waals surface area contributed by atoms with E-state index < -0.39 is 23.5 Å². The number of furan rings is 1. The molecule has 0 spiro atoms. The highest BCUT2D eigenvalue weighted by atomic mass is 35.5. The first-order valence-electron chi connectivity index (χ1n) is 12.1. The number of nitrogens with zero attached hydrogens (tertiary/aromatic N) is 1. The molecule has 1 N–H and O–H groups in total. The van der Waals surface area contributed by atoms with Crippen LogP contribution in [0.4, 0.5) is 0 Å². The number of methoxy groups -OCH3 is 1. The van der Waals surface area contributed by atoms with E-state index in [2.05, 4.69) is 6.92 Å². The summed E-state index contributed by atoms with van der Waals surface area (Å²) in [6.07, 6.45) is 2.59. The molecule has 7 nitrogen and oxygen atoms in total. The lowest BCUT2D eigenvalue weighted by atomic mass is 9.94. The van der Waals surface area contributed by atoms with Gasteiger partial charge in [-0.15, -0.1) is 0 Å². The number of aliphatic hydroxyl groups excluding tert-OH is 1. The van der Waals surface area contributed by atoms with Gasteiger partial charge in [-0.2, -0.15) is 0 Å². The Morgan fingerprint density at radius 3 is 2.67 bits per heavy atom. The van der Waals surface area contributed by atoms with Crippen LogP contribution in [0, 0.1) is 0 Å². The number of ketones is 1. The van der Waals surface area contributed by atoms with Crippen LogP contribution < -0.4 is 9.47 Å². The Labute approximate surface area is 215 Å². The van der Waals surface area contributed by atoms with Gasteiger partial charge in [0.15, 0.2) is 22.9 Å². The van der Waals surface area contributed by atoms with Crippen molar-refractivity contribution in [3.8, 4) is 11.5 Å². The number of rotatable bonds is 10. The first-order valence-corrected chi connectivity index (χ1v) is 12.4. The molecule has 0 aliphatic carbocycles. The Bertz CT molecular complexity index is 1320. The summed E-state index contributed by atoms with van der Waals surface area (Å²) in [5.41, 5.74) is 1.00. The second kappa shape index (κ2) is 10.7. The fourth-order valence-electron chi connectivity index (χ4n) is 4.51. The van der Waals surface area contributed by atoms with E-state index in [0.717, 1.165) is 19.3 Å². The van der Waals surface area contributed by atoms with E-state index in [0.29, 0.717) is 39.6 Å². The highest BCUT2D eigenvalue weighted by Gasteiger charge is 2.44. The lowest BCUT2D eigenvalue weighted by molar-refractivity contribution is -0.129. The maximum Gasteiger partial charge on any atom is 0.290 e. The molecular formula is C28H30ClNO6. The van der Waals surface area contributed by atoms with E-state index in [1.54, 1.807) is 29.2 Å². The van der Waals surface area contributed by atoms with Crippen molar-refractivity contribution in [2.75, 3.05) is 13.7 Å². The molecule has 0 saturated heterocycles. The number of Topliss-reactive ketones (excluding diaryl/α,β-unsaturated/α-hetero) is 1. The van der Waals surface area contributed by atoms with Crippen LogP contribution in [-0.4, -0.2) is 41.5 Å². The molecule has 1 amide bonds. The van der Waals surface area contributed by atoms with Gasteiger partial charge in [0.25, 0.3) is 5.91 Å². The van der Waals surface area contributed by atoms with E-state index in [1.165, 1.54) is 7.11 Å². The van der Waals surface area contributed by atoms with Crippen molar-refractivity contribution in [3.63, 3.8) is 0 Å². The van der Waals surface area contributed by atoms with Gasteiger partial charge in [-0.25, -0.2) is 0 Å². The summed E-state index contributed by atoms with van der Waals surface area (Å²) in [5.74, 6) is -0.741. The van der Waals surface area contributed by atoms with Crippen LogP contribution in [0.15, 0.2) is 58.2 Å². The summed E-state index contributed by atoms with van der Waals surface area (Å²) < 4.78 is 17.1. The second-order valence-corrected chi connectivity index (χ2v) is 9.51. The van der Waals surface area contributed by atoms with E-state index in [4.69, 9.17) is 25.5 Å². The number of amides is 1. The molecule has 1 aromatic heterocycles. The van der Waals surface area contributed by atoms with Crippen LogP contribution in [0.3, 0.4) is 0 Å². The van der Waals surface area contributed by atoms with Crippen LogP contribution in [0.1, 0.15) is 62.2 Å². The van der Waals surface area contributed by atoms with Gasteiger partial charge >= 0.3 is 0 Å². The van der Waals surface area contributed by atoms with Crippen molar-refractivity contribution in [1.29, 1.82) is 0 Å². The second-order valence-electron chi connectivity index (χ2n) is 9.08. The Kier molecular flexibility index (Phi) is 7.59. The third-order valence-corrected chi connectivity index (χ3v) is 6.31. The number of fused-ring (bicyclic) bond motifs is 1. The van der Waals surface area contributed by atoms with E-state index >= 15 is 0 Å². The molecule has 0 radical (unpaired) electrons. The summed E-state index contributed by atoms with van der Waals surface area (Å²) in [5, 5.41) is 11.9. The van der Waals surface area contributed by atoms with Gasteiger partial charge in [-0.3, -0.25) is 9.59 Å². The van der Waals surface area contributed by atoms with E-state index in [-0.39, 0.29) is 17.4 Å². The molecule has 0 fully saturated rings. The van der Waals surface area contributed by atoms with Gasteiger partial charge in [0, 0.05) is 23.0 Å². The molecule has 8 heteroatoms. The van der Waals surface area contributed by atoms with Crippen LogP contribution in [-0.2, 0) is 4.79 Å². The van der Waals surface area contributed by atoms with Crippen LogP contribution in [0.5, 0.6) is 11.5 Å². The average molecular weight is 512 g/mol. The summed E-state index contributed by atoms with van der Waals surface area (Å²) in [7, 11) is 1.48. The van der Waals surface area contributed by atoms with Crippen molar-refractivity contribution in [2.24, 2.45) is 0 Å². The largest absolute Gasteiger partial charge is 0.503 e. The average Bonchev–Trinajstić information content (AvgIpc) is 3.37. The van der Waals surface area contributed by atoms with E-state index in [1.807, 2.05) is 32.0 Å². The highest BCUT2D eigenvalue weighted by Crippen LogP contribution is 2.41. The zero-order valence-electron chi connectivity index (χ0n) is 20.8. The minimum atomic E-state index is -0.781. The summed E-state index contributed by atoms with van der Waals surface area (Å²) in [6, 6.07) is 11.3. The van der Waals surface area contributed by atoms with Gasteiger partial charge < -0.3 is 23.9 Å². The zero-order valence-corrected chi connectivity index (χ0v) is 21.6. The molecule has 2 aromatic carbocycles. The first kappa shape index (κ1) is 25.6. The predicted octanol–water partition coefficient (Wildman–Crippen LogP) is 6.65. The number of carbonyl (C=O) groups is 2. The molecule has 1 unspecified atom stereocenters. The molecule has 3 aromatic rings. The van der Waals surface area contributed by atoms with E-state index in [9.17, 15) is 14.7 Å². The SMILES string of the molecule is CCCCCN1C(=O)C(O)=C(C(=O)c2cc3cc(Cl)cc(OC)c3o2)C1c1cccc(OC(C)C)c1. The number of hydrogen-bond donors (Lipinski definition) is 1. The number of aliphatic hydroxyl groups is 1. The number of hydrogen-bond acceptors (Lipinski definition) is 6. The van der Waals surface area contributed by atoms with Crippen molar-refractivity contribution < 1.29 is 28.6 Å². The normalized spacial score (nSPS) is 15.9. The molecule has 2 heterocycles. The van der Waals surface area contributed by atoms with Crippen molar-refractivity contribution in [2.45, 2.75) is 52.2 Å². The summed E-state index contributed by atoms with van der Waals surface area (Å²) in [6.45, 7) is 6.32. The third kappa shape index (κ3) is 4.93. The molecule has 190 valence electrons. The number of benzene rings is 2. The smallest absolute Gasteiger partial charge is 0.290 e. The van der Waals surface area contributed by atoms with Crippen molar-refractivity contribution in [1.82, 2.24) is 4.90 Å². The molecule has 4 rings (SSSR count). The Morgan fingerprint density at radius 1 is 1.19 bits per heavy atom. The maximum atomic E-state index is 13.8. The van der Waals surface area contributed by atoms with Crippen molar-refractivity contribution in [3.05, 3.63) is 70.1 Å². The standard InChI is InChI=1S/C28H30ClNO6/c1-5-6-7-11-30-24(17-9-8-10-20(13-17)35-16(2)3)23(26(32)28(30)33)25(31)21-14-18-12-19(29)15-22(34-4)27(18)36-21/h8-10,12-16,24,32H,5-7,11H2,1-4H3. The fraction of sp³-hybridized carbons (Fsp3) is 0.357. The molecule has 0 bridgehead atoms. The van der Waals surface area contributed by atoms with Gasteiger partial charge in [0.05, 0.1) is 24.8 Å². The van der Waals surface area contributed by atoms with Gasteiger partial charge in [-0.1, -0.05) is 43.5 Å². The molecule has 0 saturated carbocycles.